The fourth-order valence-electron chi connectivity index (χ4n) is 3.31. The average Bonchev–Trinajstić information content (AvgIpc) is 3.38. The summed E-state index contributed by atoms with van der Waals surface area (Å²) in [6, 6.07) is 6.21. The molecule has 7 heteroatoms. The van der Waals surface area contributed by atoms with Crippen LogP contribution in [-0.2, 0) is 9.09 Å². The normalized spacial score (nSPS) is 20.2. The summed E-state index contributed by atoms with van der Waals surface area (Å²) in [6.45, 7) is 3.98. The van der Waals surface area contributed by atoms with E-state index in [0.717, 1.165) is 16.9 Å². The third kappa shape index (κ3) is 5.31. The van der Waals surface area contributed by atoms with Crippen LogP contribution in [-0.4, -0.2) is 46.1 Å². The zero-order valence-electron chi connectivity index (χ0n) is 13.6. The maximum atomic E-state index is 10.9. The minimum absolute atomic E-state index is 0. The number of rotatable bonds is 8. The van der Waals surface area contributed by atoms with Crippen molar-refractivity contribution in [3.63, 3.8) is 0 Å². The van der Waals surface area contributed by atoms with E-state index in [1.807, 2.05) is 0 Å². The van der Waals surface area contributed by atoms with Crippen molar-refractivity contribution in [1.29, 1.82) is 0 Å². The van der Waals surface area contributed by atoms with Crippen molar-refractivity contribution in [3.05, 3.63) is 29.3 Å². The molecule has 2 N–H and O–H groups in total. The third-order valence-corrected chi connectivity index (χ3v) is 5.58. The summed E-state index contributed by atoms with van der Waals surface area (Å²) in [5, 5.41) is 0. The Labute approximate surface area is 165 Å². The molecule has 5 nitrogen and oxygen atoms in total. The van der Waals surface area contributed by atoms with E-state index in [9.17, 15) is 4.57 Å². The second-order valence-electron chi connectivity index (χ2n) is 6.90. The molecule has 0 bridgehead atoms. The van der Waals surface area contributed by atoms with Crippen LogP contribution >= 0.6 is 7.82 Å². The van der Waals surface area contributed by atoms with Crippen LogP contribution in [0.1, 0.15) is 62.5 Å². The summed E-state index contributed by atoms with van der Waals surface area (Å²) in [7, 11) is -4.52. The molecule has 1 aromatic carbocycles. The molecular weight excluding hydrogens is 338 g/mol. The molecular formula is C17H26NaO5P. The summed E-state index contributed by atoms with van der Waals surface area (Å²) in [4.78, 5) is 17.7. The standard InChI is InChI=1S/C17H25O5P.Na.H/c1-11(13-6-7-13)15-4-3-5-16(12(2)14-8-9-14)17(15)21-10-22-23(18,19)20;;/h3-5,11-14H,6-10H2,1-2H3,(H2,18,19,20);;. The van der Waals surface area contributed by atoms with Crippen LogP contribution in [0.3, 0.4) is 0 Å². The number of hydrogen-bond acceptors (Lipinski definition) is 3. The van der Waals surface area contributed by atoms with E-state index >= 15 is 0 Å². The van der Waals surface area contributed by atoms with Crippen molar-refractivity contribution in [1.82, 2.24) is 0 Å². The second-order valence-corrected chi connectivity index (χ2v) is 8.14. The van der Waals surface area contributed by atoms with E-state index in [1.54, 1.807) is 0 Å². The Morgan fingerprint density at radius 2 is 1.54 bits per heavy atom. The molecule has 2 aliphatic carbocycles. The van der Waals surface area contributed by atoms with Gasteiger partial charge in [0.05, 0.1) is 0 Å². The van der Waals surface area contributed by atoms with Crippen LogP contribution in [0.15, 0.2) is 18.2 Å². The van der Waals surface area contributed by atoms with Crippen LogP contribution in [0.25, 0.3) is 0 Å². The van der Waals surface area contributed by atoms with E-state index in [0.29, 0.717) is 23.7 Å². The van der Waals surface area contributed by atoms with Gasteiger partial charge in [-0.25, -0.2) is 9.09 Å². The van der Waals surface area contributed by atoms with Gasteiger partial charge >= 0.3 is 37.4 Å². The predicted octanol–water partition coefficient (Wildman–Crippen LogP) is 3.51. The molecule has 2 fully saturated rings. The molecule has 130 valence electrons. The Bertz CT molecular complexity index is 573. The molecule has 2 unspecified atom stereocenters. The maximum absolute atomic E-state index is 10.9. The molecule has 0 amide bonds. The van der Waals surface area contributed by atoms with Crippen molar-refractivity contribution in [2.45, 2.75) is 51.4 Å². The first-order valence-electron chi connectivity index (χ1n) is 8.32. The number of phosphoric ester groups is 1. The quantitative estimate of drug-likeness (QED) is 0.419. The monoisotopic (exact) mass is 364 g/mol. The molecule has 24 heavy (non-hydrogen) atoms. The first-order valence-corrected chi connectivity index (χ1v) is 9.85. The first-order chi connectivity index (χ1) is 10.9. The van der Waals surface area contributed by atoms with Crippen LogP contribution in [0.2, 0.25) is 0 Å². The molecule has 1 aromatic rings. The van der Waals surface area contributed by atoms with Gasteiger partial charge in [-0.2, -0.15) is 0 Å². The zero-order chi connectivity index (χ0) is 16.6. The Hall–Kier alpha value is 0.130. The van der Waals surface area contributed by atoms with Crippen LogP contribution < -0.4 is 4.74 Å². The van der Waals surface area contributed by atoms with Gasteiger partial charge in [-0.05, 0) is 60.5 Å². The summed E-state index contributed by atoms with van der Waals surface area (Å²) < 4.78 is 21.1. The summed E-state index contributed by atoms with van der Waals surface area (Å²) in [5.74, 6) is 2.93. The Morgan fingerprint density at radius 1 is 1.08 bits per heavy atom. The van der Waals surface area contributed by atoms with Crippen LogP contribution in [0.5, 0.6) is 5.75 Å². The minimum atomic E-state index is -4.52. The molecule has 0 spiro atoms. The summed E-state index contributed by atoms with van der Waals surface area (Å²) in [5.41, 5.74) is 2.26. The van der Waals surface area contributed by atoms with E-state index < -0.39 is 14.6 Å². The van der Waals surface area contributed by atoms with E-state index in [2.05, 4.69) is 36.6 Å². The van der Waals surface area contributed by atoms with Crippen LogP contribution in [0.4, 0.5) is 0 Å². The topological polar surface area (TPSA) is 76.0 Å². The molecule has 0 heterocycles. The van der Waals surface area contributed by atoms with Gasteiger partial charge in [0.15, 0.2) is 6.79 Å². The Balaban J connectivity index is 0.00000208. The van der Waals surface area contributed by atoms with Crippen LogP contribution in [0, 0.1) is 11.8 Å². The van der Waals surface area contributed by atoms with Crippen molar-refractivity contribution >= 4 is 37.4 Å². The molecule has 0 aliphatic heterocycles. The predicted molar refractivity (Wildman–Crippen MR) is 94.5 cm³/mol. The number of phosphoric acid groups is 1. The van der Waals surface area contributed by atoms with E-state index in [4.69, 9.17) is 14.5 Å². The average molecular weight is 364 g/mol. The van der Waals surface area contributed by atoms with Gasteiger partial charge in [0.2, 0.25) is 0 Å². The van der Waals surface area contributed by atoms with Crippen molar-refractivity contribution in [2.75, 3.05) is 6.79 Å². The number of hydrogen-bond donors (Lipinski definition) is 2. The third-order valence-electron chi connectivity index (χ3n) is 5.14. The molecule has 3 rings (SSSR count). The van der Waals surface area contributed by atoms with Gasteiger partial charge in [-0.3, -0.25) is 0 Å². The van der Waals surface area contributed by atoms with Crippen molar-refractivity contribution < 1.29 is 23.6 Å². The van der Waals surface area contributed by atoms with Gasteiger partial charge in [0, 0.05) is 0 Å². The molecule has 2 saturated carbocycles. The van der Waals surface area contributed by atoms with Gasteiger partial charge < -0.3 is 14.5 Å². The van der Waals surface area contributed by atoms with Gasteiger partial charge in [-0.15, -0.1) is 0 Å². The Kier molecular flexibility index (Phi) is 7.00. The van der Waals surface area contributed by atoms with Crippen molar-refractivity contribution in [2.24, 2.45) is 11.8 Å². The van der Waals surface area contributed by atoms with E-state index in [-0.39, 0.29) is 29.6 Å². The second kappa shape index (κ2) is 8.22. The number of para-hydroxylation sites is 1. The van der Waals surface area contributed by atoms with Gasteiger partial charge in [-0.1, -0.05) is 32.0 Å². The molecule has 2 atom stereocenters. The molecule has 0 saturated heterocycles. The fraction of sp³-hybridized carbons (Fsp3) is 0.647. The fourth-order valence-corrected chi connectivity index (χ4v) is 3.50. The van der Waals surface area contributed by atoms with Gasteiger partial charge in [0.1, 0.15) is 5.75 Å². The molecule has 0 radical (unpaired) electrons. The molecule has 0 aromatic heterocycles. The summed E-state index contributed by atoms with van der Waals surface area (Å²) >= 11 is 0. The zero-order valence-corrected chi connectivity index (χ0v) is 14.5. The van der Waals surface area contributed by atoms with Gasteiger partial charge in [0.25, 0.3) is 0 Å². The Morgan fingerprint density at radius 3 is 1.92 bits per heavy atom. The first kappa shape index (κ1) is 20.4. The SMILES string of the molecule is CC(c1cccc(C(C)C2CC2)c1OCOP(=O)(O)O)C1CC1.[NaH]. The summed E-state index contributed by atoms with van der Waals surface area (Å²) in [6.07, 6.45) is 4.95. The van der Waals surface area contributed by atoms with Crippen molar-refractivity contribution in [3.8, 4) is 5.75 Å². The molecule has 2 aliphatic rings. The number of benzene rings is 1. The number of ether oxygens (including phenoxy) is 1. The van der Waals surface area contributed by atoms with E-state index in [1.165, 1.54) is 25.7 Å².